The van der Waals surface area contributed by atoms with Crippen LogP contribution in [0.15, 0.2) is 24.3 Å². The lowest BCUT2D eigenvalue weighted by molar-refractivity contribution is -0.146. The van der Waals surface area contributed by atoms with Crippen LogP contribution in [-0.2, 0) is 0 Å². The number of para-hydroxylation sites is 2. The Morgan fingerprint density at radius 3 is 2.47 bits per heavy atom. The molecule has 0 radical (unpaired) electrons. The van der Waals surface area contributed by atoms with Gasteiger partial charge in [0.15, 0.2) is 0 Å². The zero-order valence-electron chi connectivity index (χ0n) is 10.9. The van der Waals surface area contributed by atoms with Crippen LogP contribution >= 0.6 is 0 Å². The molecule has 1 aromatic carbocycles. The van der Waals surface area contributed by atoms with Gasteiger partial charge in [0.1, 0.15) is 12.4 Å². The fourth-order valence-corrected chi connectivity index (χ4v) is 1.74. The molecule has 2 N–H and O–H groups in total. The van der Waals surface area contributed by atoms with E-state index in [1.807, 2.05) is 6.92 Å². The van der Waals surface area contributed by atoms with Gasteiger partial charge in [0.25, 0.3) is 0 Å². The van der Waals surface area contributed by atoms with Crippen LogP contribution in [0.4, 0.5) is 18.9 Å². The van der Waals surface area contributed by atoms with Crippen LogP contribution in [0.3, 0.4) is 0 Å². The lowest BCUT2D eigenvalue weighted by Gasteiger charge is -2.23. The normalized spacial score (nSPS) is 11.8. The average Bonchev–Trinajstić information content (AvgIpc) is 2.30. The Morgan fingerprint density at radius 2 is 1.89 bits per heavy atom. The van der Waals surface area contributed by atoms with E-state index in [-0.39, 0.29) is 13.2 Å². The topological polar surface area (TPSA) is 38.5 Å². The van der Waals surface area contributed by atoms with E-state index in [1.54, 1.807) is 24.3 Å². The number of hydrogen-bond acceptors (Lipinski definition) is 3. The van der Waals surface area contributed by atoms with E-state index in [4.69, 9.17) is 10.5 Å². The number of alkyl halides is 3. The molecule has 0 bridgehead atoms. The summed E-state index contributed by atoms with van der Waals surface area (Å²) in [6.07, 6.45) is -3.51. The largest absolute Gasteiger partial charge is 0.490 e. The summed E-state index contributed by atoms with van der Waals surface area (Å²) in [4.78, 5) is 1.33. The summed E-state index contributed by atoms with van der Waals surface area (Å²) in [6.45, 7) is 1.74. The van der Waals surface area contributed by atoms with Crippen LogP contribution < -0.4 is 10.5 Å². The summed E-state index contributed by atoms with van der Waals surface area (Å²) < 4.78 is 42.4. The standard InChI is InChI=1S/C13H19F3N2O/c1-2-7-18(10-13(14,15)16)8-9-19-12-6-4-3-5-11(12)17/h3-6H,2,7-10,17H2,1H3. The molecule has 1 rings (SSSR count). The minimum Gasteiger partial charge on any atom is -0.490 e. The molecule has 0 aromatic heterocycles. The van der Waals surface area contributed by atoms with E-state index in [0.29, 0.717) is 24.4 Å². The lowest BCUT2D eigenvalue weighted by Crippen LogP contribution is -2.37. The zero-order valence-corrected chi connectivity index (χ0v) is 10.9. The summed E-state index contributed by atoms with van der Waals surface area (Å²) >= 11 is 0. The number of rotatable bonds is 7. The highest BCUT2D eigenvalue weighted by atomic mass is 19.4. The molecule has 0 aliphatic carbocycles. The Morgan fingerprint density at radius 1 is 1.21 bits per heavy atom. The number of halogens is 3. The molecule has 19 heavy (non-hydrogen) atoms. The number of nitrogens with two attached hydrogens (primary N) is 1. The van der Waals surface area contributed by atoms with Crippen molar-refractivity contribution in [2.45, 2.75) is 19.5 Å². The molecule has 0 amide bonds. The second-order valence-electron chi connectivity index (χ2n) is 4.28. The summed E-state index contributed by atoms with van der Waals surface area (Å²) in [5.74, 6) is 0.506. The number of nitrogen functional groups attached to an aromatic ring is 1. The van der Waals surface area contributed by atoms with Crippen molar-refractivity contribution >= 4 is 5.69 Å². The molecule has 1 aromatic rings. The van der Waals surface area contributed by atoms with E-state index < -0.39 is 12.7 Å². The third kappa shape index (κ3) is 6.33. The molecule has 0 unspecified atom stereocenters. The molecule has 0 atom stereocenters. The third-order valence-corrected chi connectivity index (χ3v) is 2.53. The number of benzene rings is 1. The number of hydrogen-bond donors (Lipinski definition) is 1. The van der Waals surface area contributed by atoms with Gasteiger partial charge in [-0.15, -0.1) is 0 Å². The molecular weight excluding hydrogens is 257 g/mol. The van der Waals surface area contributed by atoms with Gasteiger partial charge in [-0.3, -0.25) is 4.90 Å². The predicted molar refractivity (Wildman–Crippen MR) is 69.1 cm³/mol. The maximum atomic E-state index is 12.3. The Labute approximate surface area is 111 Å². The maximum Gasteiger partial charge on any atom is 0.401 e. The Hall–Kier alpha value is -1.43. The minimum atomic E-state index is -4.18. The first kappa shape index (κ1) is 15.6. The molecule has 0 saturated carbocycles. The van der Waals surface area contributed by atoms with Gasteiger partial charge in [-0.2, -0.15) is 13.2 Å². The molecule has 0 spiro atoms. The summed E-state index contributed by atoms with van der Waals surface area (Å²) in [5.41, 5.74) is 6.17. The lowest BCUT2D eigenvalue weighted by atomic mass is 10.3. The number of anilines is 1. The SMILES string of the molecule is CCCN(CCOc1ccccc1N)CC(F)(F)F. The van der Waals surface area contributed by atoms with Gasteiger partial charge in [-0.1, -0.05) is 19.1 Å². The van der Waals surface area contributed by atoms with Gasteiger partial charge >= 0.3 is 6.18 Å². The first-order chi connectivity index (χ1) is 8.92. The van der Waals surface area contributed by atoms with E-state index in [2.05, 4.69) is 0 Å². The van der Waals surface area contributed by atoms with Crippen LogP contribution in [0.2, 0.25) is 0 Å². The minimum absolute atomic E-state index is 0.185. The Bertz CT molecular complexity index is 382. The molecule has 0 saturated heterocycles. The van der Waals surface area contributed by atoms with Crippen LogP contribution in [0, 0.1) is 0 Å². The number of ether oxygens (including phenoxy) is 1. The van der Waals surface area contributed by atoms with Gasteiger partial charge in [0.05, 0.1) is 12.2 Å². The van der Waals surface area contributed by atoms with Crippen molar-refractivity contribution in [1.29, 1.82) is 0 Å². The molecule has 0 fully saturated rings. The monoisotopic (exact) mass is 276 g/mol. The van der Waals surface area contributed by atoms with Crippen molar-refractivity contribution in [3.8, 4) is 5.75 Å². The van der Waals surface area contributed by atoms with E-state index in [9.17, 15) is 13.2 Å². The fourth-order valence-electron chi connectivity index (χ4n) is 1.74. The van der Waals surface area contributed by atoms with Gasteiger partial charge in [-0.25, -0.2) is 0 Å². The fraction of sp³-hybridized carbons (Fsp3) is 0.538. The molecular formula is C13H19F3N2O. The van der Waals surface area contributed by atoms with Crippen LogP contribution in [0.1, 0.15) is 13.3 Å². The first-order valence-corrected chi connectivity index (χ1v) is 6.19. The second kappa shape index (κ2) is 7.23. The smallest absolute Gasteiger partial charge is 0.401 e. The van der Waals surface area contributed by atoms with Gasteiger partial charge in [0, 0.05) is 6.54 Å². The van der Waals surface area contributed by atoms with E-state index >= 15 is 0 Å². The first-order valence-electron chi connectivity index (χ1n) is 6.19. The van der Waals surface area contributed by atoms with Crippen LogP contribution in [-0.4, -0.2) is 37.3 Å². The van der Waals surface area contributed by atoms with Gasteiger partial charge in [0.2, 0.25) is 0 Å². The predicted octanol–water partition coefficient (Wildman–Crippen LogP) is 2.92. The highest BCUT2D eigenvalue weighted by Crippen LogP contribution is 2.20. The van der Waals surface area contributed by atoms with E-state index in [0.717, 1.165) is 0 Å². The summed E-state index contributed by atoms with van der Waals surface area (Å²) in [7, 11) is 0. The van der Waals surface area contributed by atoms with Gasteiger partial charge < -0.3 is 10.5 Å². The number of nitrogens with zero attached hydrogens (tertiary/aromatic N) is 1. The van der Waals surface area contributed by atoms with Gasteiger partial charge in [-0.05, 0) is 25.1 Å². The Balaban J connectivity index is 2.42. The molecule has 108 valence electrons. The maximum absolute atomic E-state index is 12.3. The molecule has 0 heterocycles. The molecule has 0 aliphatic rings. The van der Waals surface area contributed by atoms with Crippen molar-refractivity contribution in [2.24, 2.45) is 0 Å². The molecule has 3 nitrogen and oxygen atoms in total. The third-order valence-electron chi connectivity index (χ3n) is 2.53. The summed E-state index contributed by atoms with van der Waals surface area (Å²) in [6, 6.07) is 6.93. The highest BCUT2D eigenvalue weighted by molar-refractivity contribution is 5.51. The second-order valence-corrected chi connectivity index (χ2v) is 4.28. The Kier molecular flexibility index (Phi) is 5.95. The quantitative estimate of drug-likeness (QED) is 0.778. The average molecular weight is 276 g/mol. The van der Waals surface area contributed by atoms with Crippen molar-refractivity contribution in [3.05, 3.63) is 24.3 Å². The van der Waals surface area contributed by atoms with Crippen molar-refractivity contribution in [1.82, 2.24) is 4.90 Å². The molecule has 0 aliphatic heterocycles. The summed E-state index contributed by atoms with van der Waals surface area (Å²) in [5, 5.41) is 0. The van der Waals surface area contributed by atoms with Crippen molar-refractivity contribution in [3.63, 3.8) is 0 Å². The molecule has 6 heteroatoms. The zero-order chi connectivity index (χ0) is 14.3. The van der Waals surface area contributed by atoms with Crippen LogP contribution in [0.25, 0.3) is 0 Å². The van der Waals surface area contributed by atoms with Crippen LogP contribution in [0.5, 0.6) is 5.75 Å². The van der Waals surface area contributed by atoms with Crippen molar-refractivity contribution in [2.75, 3.05) is 32.0 Å². The van der Waals surface area contributed by atoms with Crippen molar-refractivity contribution < 1.29 is 17.9 Å². The highest BCUT2D eigenvalue weighted by Gasteiger charge is 2.30. The van der Waals surface area contributed by atoms with E-state index in [1.165, 1.54) is 4.90 Å².